The smallest absolute Gasteiger partial charge is 0.450 e. The largest absolute Gasteiger partial charge is 0.503 e. The Kier molecular flexibility index (Phi) is 7.87. The molecule has 5 nitrogen and oxygen atoms in total. The first kappa shape index (κ1) is 10.6. The summed E-state index contributed by atoms with van der Waals surface area (Å²) in [4.78, 5) is 20.4. The van der Waals surface area contributed by atoms with Crippen LogP contribution in [0.2, 0.25) is 0 Å². The molecule has 0 aliphatic heterocycles. The fourth-order valence-electron chi connectivity index (χ4n) is 0. The molecule has 0 saturated heterocycles. The summed E-state index contributed by atoms with van der Waals surface area (Å²) in [6.07, 6.45) is -1.83. The highest BCUT2D eigenvalue weighted by Gasteiger charge is 1.81. The van der Waals surface area contributed by atoms with Crippen molar-refractivity contribution in [3.05, 3.63) is 0 Å². The molecule has 6 heteroatoms. The minimum absolute atomic E-state index is 0.912. The first-order valence-corrected chi connectivity index (χ1v) is 1.71. The highest BCUT2D eigenvalue weighted by atomic mass is 19.3. The molecule has 0 atom stereocenters. The van der Waals surface area contributed by atoms with Crippen LogP contribution in [0, 0.1) is 0 Å². The molecule has 0 aliphatic rings. The summed E-state index contributed by atoms with van der Waals surface area (Å²) in [5.74, 6) is -0.912. The third-order valence-electron chi connectivity index (χ3n) is 0.109. The van der Waals surface area contributed by atoms with Crippen LogP contribution in [0.5, 0.6) is 0 Å². The van der Waals surface area contributed by atoms with E-state index in [0.717, 1.165) is 6.92 Å². The second-order valence-electron chi connectivity index (χ2n) is 0.851. The van der Waals surface area contributed by atoms with Gasteiger partial charge in [-0.3, -0.25) is 4.94 Å². The van der Waals surface area contributed by atoms with Crippen molar-refractivity contribution in [3.63, 3.8) is 0 Å². The molecule has 0 aromatic rings. The lowest BCUT2D eigenvalue weighted by Gasteiger charge is -1.71. The highest BCUT2D eigenvalue weighted by molar-refractivity contribution is 5.64. The third-order valence-corrected chi connectivity index (χ3v) is 0.109. The van der Waals surface area contributed by atoms with E-state index < -0.39 is 12.1 Å². The Morgan fingerprint density at radius 3 is 1.56 bits per heavy atom. The van der Waals surface area contributed by atoms with Gasteiger partial charge in [-0.1, -0.05) is 0 Å². The molecule has 0 fully saturated rings. The standard InChI is InChI=1S/C2H3FO2.CH2O3/c1-2(4)5-3;2-1(3)4/h1H3;(H2,2,3,4). The van der Waals surface area contributed by atoms with Gasteiger partial charge in [-0.15, -0.1) is 0 Å². The van der Waals surface area contributed by atoms with Crippen LogP contribution in [0.3, 0.4) is 0 Å². The molecule has 0 spiro atoms. The van der Waals surface area contributed by atoms with Gasteiger partial charge in [-0.25, -0.2) is 9.59 Å². The third kappa shape index (κ3) is 324. The SMILES string of the molecule is CC(=O)OF.O=C(O)O. The summed E-state index contributed by atoms with van der Waals surface area (Å²) in [6.45, 7) is 0.986. The van der Waals surface area contributed by atoms with Crippen LogP contribution in [0.1, 0.15) is 6.92 Å². The van der Waals surface area contributed by atoms with Crippen LogP contribution in [0.4, 0.5) is 9.32 Å². The highest BCUT2D eigenvalue weighted by Crippen LogP contribution is 1.69. The normalized spacial score (nSPS) is 6.44. The van der Waals surface area contributed by atoms with Gasteiger partial charge in [0, 0.05) is 11.4 Å². The summed E-state index contributed by atoms with van der Waals surface area (Å²) in [5.41, 5.74) is 0. The lowest BCUT2D eigenvalue weighted by Crippen LogP contribution is -1.83. The number of carbonyl (C=O) groups excluding carboxylic acids is 1. The van der Waals surface area contributed by atoms with Gasteiger partial charge >= 0.3 is 12.1 Å². The average molecular weight is 140 g/mol. The summed E-state index contributed by atoms with van der Waals surface area (Å²) in [6, 6.07) is 0. The van der Waals surface area contributed by atoms with Crippen molar-refractivity contribution >= 4 is 12.1 Å². The van der Waals surface area contributed by atoms with Crippen molar-refractivity contribution in [3.8, 4) is 0 Å². The van der Waals surface area contributed by atoms with Gasteiger partial charge in [0.2, 0.25) is 0 Å². The van der Waals surface area contributed by atoms with Crippen LogP contribution in [-0.2, 0) is 9.74 Å². The lowest BCUT2D eigenvalue weighted by atomic mass is 10.9. The van der Waals surface area contributed by atoms with Crippen LogP contribution in [0.25, 0.3) is 0 Å². The van der Waals surface area contributed by atoms with E-state index in [1.165, 1.54) is 0 Å². The van der Waals surface area contributed by atoms with E-state index in [4.69, 9.17) is 15.0 Å². The fraction of sp³-hybridized carbons (Fsp3) is 0.333. The van der Waals surface area contributed by atoms with E-state index in [9.17, 15) is 9.32 Å². The lowest BCUT2D eigenvalue weighted by molar-refractivity contribution is -0.180. The summed E-state index contributed by atoms with van der Waals surface area (Å²) in [5, 5.41) is 13.9. The minimum atomic E-state index is -1.83. The maximum absolute atomic E-state index is 10.3. The first-order chi connectivity index (χ1) is 4.00. The van der Waals surface area contributed by atoms with Gasteiger partial charge < -0.3 is 10.2 Å². The van der Waals surface area contributed by atoms with Crippen molar-refractivity contribution in [2.45, 2.75) is 6.92 Å². The maximum atomic E-state index is 10.3. The molecular formula is C3H5FO5. The summed E-state index contributed by atoms with van der Waals surface area (Å²) < 4.78 is 10.3. The maximum Gasteiger partial charge on any atom is 0.503 e. The van der Waals surface area contributed by atoms with Crippen molar-refractivity contribution in [1.82, 2.24) is 0 Å². The topological polar surface area (TPSA) is 83.8 Å². The van der Waals surface area contributed by atoms with Crippen molar-refractivity contribution in [1.29, 1.82) is 0 Å². The average Bonchev–Trinajstić information content (AvgIpc) is 1.65. The van der Waals surface area contributed by atoms with Crippen LogP contribution in [0.15, 0.2) is 0 Å². The first-order valence-electron chi connectivity index (χ1n) is 1.71. The zero-order valence-corrected chi connectivity index (χ0v) is 4.50. The van der Waals surface area contributed by atoms with Gasteiger partial charge in [0.25, 0.3) is 0 Å². The van der Waals surface area contributed by atoms with Gasteiger partial charge in [0.15, 0.2) is 0 Å². The molecule has 0 amide bonds. The summed E-state index contributed by atoms with van der Waals surface area (Å²) >= 11 is 0. The van der Waals surface area contributed by atoms with E-state index >= 15 is 0 Å². The van der Waals surface area contributed by atoms with Gasteiger partial charge in [0.05, 0.1) is 0 Å². The molecule has 2 N–H and O–H groups in total. The van der Waals surface area contributed by atoms with Gasteiger partial charge in [-0.05, 0) is 0 Å². The number of carboxylic acid groups (broad SMARTS) is 2. The molecule has 0 aliphatic carbocycles. The second-order valence-corrected chi connectivity index (χ2v) is 0.851. The Morgan fingerprint density at radius 2 is 1.56 bits per heavy atom. The predicted molar refractivity (Wildman–Crippen MR) is 23.5 cm³/mol. The van der Waals surface area contributed by atoms with Crippen LogP contribution < -0.4 is 0 Å². The molecule has 0 saturated carbocycles. The monoisotopic (exact) mass is 140 g/mol. The van der Waals surface area contributed by atoms with E-state index in [2.05, 4.69) is 4.94 Å². The Labute approximate surface area is 49.6 Å². The molecule has 0 aromatic carbocycles. The molecule has 0 heterocycles. The molecule has 9 heavy (non-hydrogen) atoms. The number of hydrogen-bond acceptors (Lipinski definition) is 3. The molecule has 54 valence electrons. The van der Waals surface area contributed by atoms with Crippen molar-refractivity contribution in [2.75, 3.05) is 0 Å². The second kappa shape index (κ2) is 6.67. The van der Waals surface area contributed by atoms with Gasteiger partial charge in [-0.2, -0.15) is 0 Å². The molecular weight excluding hydrogens is 135 g/mol. The van der Waals surface area contributed by atoms with Crippen molar-refractivity contribution in [2.24, 2.45) is 0 Å². The Hall–Kier alpha value is -1.33. The zero-order valence-electron chi connectivity index (χ0n) is 4.50. The molecule has 0 aromatic heterocycles. The number of halogens is 1. The van der Waals surface area contributed by atoms with E-state index in [1.54, 1.807) is 0 Å². The van der Waals surface area contributed by atoms with E-state index in [-0.39, 0.29) is 0 Å². The molecule has 0 bridgehead atoms. The molecule has 0 rings (SSSR count). The summed E-state index contributed by atoms with van der Waals surface area (Å²) in [7, 11) is 0. The quantitative estimate of drug-likeness (QED) is 0.516. The van der Waals surface area contributed by atoms with Crippen LogP contribution >= 0.6 is 0 Å². The zero-order chi connectivity index (χ0) is 7.86. The number of rotatable bonds is 0. The Bertz CT molecular complexity index is 96.4. The van der Waals surface area contributed by atoms with Crippen molar-refractivity contribution < 1.29 is 29.3 Å². The Morgan fingerprint density at radius 1 is 1.44 bits per heavy atom. The minimum Gasteiger partial charge on any atom is -0.450 e. The number of carbonyl (C=O) groups is 2. The van der Waals surface area contributed by atoms with E-state index in [0.29, 0.717) is 0 Å². The fourth-order valence-corrected chi connectivity index (χ4v) is 0. The molecule has 0 unspecified atom stereocenters. The molecule has 0 radical (unpaired) electrons. The van der Waals surface area contributed by atoms with Gasteiger partial charge in [0.1, 0.15) is 0 Å². The van der Waals surface area contributed by atoms with E-state index in [1.807, 2.05) is 0 Å². The Balaban J connectivity index is 0. The van der Waals surface area contributed by atoms with Crippen LogP contribution in [-0.4, -0.2) is 22.3 Å². The predicted octanol–water partition coefficient (Wildman–Crippen LogP) is 0.656. The number of hydrogen-bond donors (Lipinski definition) is 2.